The van der Waals surface area contributed by atoms with Crippen LogP contribution in [0.2, 0.25) is 0 Å². The minimum atomic E-state index is -1.36. The number of hydrogen-bond donors (Lipinski definition) is 6. The highest BCUT2D eigenvalue weighted by Crippen LogP contribution is 2.21. The molecule has 0 aliphatic rings. The van der Waals surface area contributed by atoms with Gasteiger partial charge in [-0.25, -0.2) is 0 Å². The van der Waals surface area contributed by atoms with E-state index in [0.717, 1.165) is 0 Å². The number of amides is 4. The maximum Gasteiger partial charge on any atom is 0.246 e. The van der Waals surface area contributed by atoms with Gasteiger partial charge in [-0.15, -0.1) is 0 Å². The van der Waals surface area contributed by atoms with E-state index in [9.17, 15) is 29.1 Å². The van der Waals surface area contributed by atoms with E-state index >= 15 is 0 Å². The number of rotatable bonds is 18. The van der Waals surface area contributed by atoms with E-state index < -0.39 is 47.7 Å². The van der Waals surface area contributed by atoms with Gasteiger partial charge in [-0.1, -0.05) is 70.2 Å². The average Bonchev–Trinajstić information content (AvgIpc) is 2.99. The number of aliphatic hydroxyl groups excluding tert-OH is 1. The van der Waals surface area contributed by atoms with Crippen molar-refractivity contribution in [2.24, 2.45) is 17.6 Å². The fourth-order valence-electron chi connectivity index (χ4n) is 4.85. The standard InChI is InChI=1S/C34H49N5O6/c1-21(2)19-28(36-23(5)40)33(44)39-29(20-22(3)4)34(45)38-27(13-9-10-18-35)32(43)37-26-16-14-25(15-17-26)31(42)30(41)24-11-7-6-8-12-24/h6-8,11-12,14-17,21-22,27-29,31,42H,9-10,13,18-20,35H2,1-5H3,(H,36,40)(H,37,43)(H,38,45)(H,39,44)/t27-,28-,29-,31?/m0/s1. The number of hydrogen-bond acceptors (Lipinski definition) is 7. The molecule has 45 heavy (non-hydrogen) atoms. The summed E-state index contributed by atoms with van der Waals surface area (Å²) in [5.41, 5.74) is 6.83. The second-order valence-corrected chi connectivity index (χ2v) is 12.2. The second kappa shape index (κ2) is 18.7. The predicted molar refractivity (Wildman–Crippen MR) is 174 cm³/mol. The van der Waals surface area contributed by atoms with E-state index in [0.29, 0.717) is 55.5 Å². The lowest BCUT2D eigenvalue weighted by Gasteiger charge is -2.26. The Morgan fingerprint density at radius 1 is 0.711 bits per heavy atom. The molecule has 2 aromatic rings. The minimum Gasteiger partial charge on any atom is -0.380 e. The van der Waals surface area contributed by atoms with Gasteiger partial charge >= 0.3 is 0 Å². The van der Waals surface area contributed by atoms with Crippen LogP contribution >= 0.6 is 0 Å². The summed E-state index contributed by atoms with van der Waals surface area (Å²) in [6.07, 6.45) is 0.931. The van der Waals surface area contributed by atoms with Gasteiger partial charge in [0.1, 0.15) is 24.2 Å². The molecule has 4 atom stereocenters. The van der Waals surface area contributed by atoms with Crippen LogP contribution in [0.15, 0.2) is 54.6 Å². The van der Waals surface area contributed by atoms with Crippen molar-refractivity contribution in [3.63, 3.8) is 0 Å². The number of nitrogens with two attached hydrogens (primary N) is 1. The fraction of sp³-hybridized carbons (Fsp3) is 0.500. The van der Waals surface area contributed by atoms with Crippen molar-refractivity contribution in [3.8, 4) is 0 Å². The Kier molecular flexibility index (Phi) is 15.4. The molecule has 4 amide bonds. The number of aliphatic hydroxyl groups is 1. The number of ketones is 1. The third-order valence-electron chi connectivity index (χ3n) is 7.12. The van der Waals surface area contributed by atoms with Crippen LogP contribution in [0.1, 0.15) is 88.7 Å². The number of unbranched alkanes of at least 4 members (excludes halogenated alkanes) is 1. The van der Waals surface area contributed by atoms with E-state index in [1.807, 2.05) is 27.7 Å². The summed E-state index contributed by atoms with van der Waals surface area (Å²) >= 11 is 0. The summed E-state index contributed by atoms with van der Waals surface area (Å²) < 4.78 is 0. The fourth-order valence-corrected chi connectivity index (χ4v) is 4.85. The first kappa shape index (κ1) is 37.1. The molecule has 7 N–H and O–H groups in total. The molecule has 0 saturated carbocycles. The Morgan fingerprint density at radius 3 is 1.76 bits per heavy atom. The van der Waals surface area contributed by atoms with Crippen LogP contribution in [0.3, 0.4) is 0 Å². The molecule has 2 rings (SSSR count). The van der Waals surface area contributed by atoms with Gasteiger partial charge < -0.3 is 32.1 Å². The first-order valence-electron chi connectivity index (χ1n) is 15.6. The van der Waals surface area contributed by atoms with Crippen LogP contribution in [-0.4, -0.2) is 59.2 Å². The summed E-state index contributed by atoms with van der Waals surface area (Å²) in [4.78, 5) is 64.4. The number of carbonyl (C=O) groups is 5. The van der Waals surface area contributed by atoms with Crippen LogP contribution in [0, 0.1) is 11.8 Å². The molecule has 0 fully saturated rings. The van der Waals surface area contributed by atoms with Gasteiger partial charge in [0.05, 0.1) is 0 Å². The van der Waals surface area contributed by atoms with E-state index in [1.165, 1.54) is 6.92 Å². The summed E-state index contributed by atoms with van der Waals surface area (Å²) in [7, 11) is 0. The zero-order chi connectivity index (χ0) is 33.5. The third-order valence-corrected chi connectivity index (χ3v) is 7.12. The van der Waals surface area contributed by atoms with E-state index in [-0.39, 0.29) is 17.7 Å². The van der Waals surface area contributed by atoms with Crippen molar-refractivity contribution in [1.82, 2.24) is 16.0 Å². The van der Waals surface area contributed by atoms with Crippen molar-refractivity contribution in [3.05, 3.63) is 65.7 Å². The molecule has 0 bridgehead atoms. The minimum absolute atomic E-state index is 0.0533. The predicted octanol–water partition coefficient (Wildman–Crippen LogP) is 3.24. The Morgan fingerprint density at radius 2 is 1.24 bits per heavy atom. The lowest BCUT2D eigenvalue weighted by molar-refractivity contribution is -0.133. The molecule has 0 radical (unpaired) electrons. The molecule has 11 heteroatoms. The van der Waals surface area contributed by atoms with Crippen LogP contribution in [0.25, 0.3) is 0 Å². The first-order chi connectivity index (χ1) is 21.3. The number of nitrogens with one attached hydrogen (secondary N) is 4. The zero-order valence-electron chi connectivity index (χ0n) is 27.0. The van der Waals surface area contributed by atoms with Gasteiger partial charge in [-0.3, -0.25) is 24.0 Å². The van der Waals surface area contributed by atoms with Gasteiger partial charge in [0.2, 0.25) is 23.6 Å². The number of anilines is 1. The summed E-state index contributed by atoms with van der Waals surface area (Å²) in [6.45, 7) is 9.48. The highest BCUT2D eigenvalue weighted by atomic mass is 16.3. The first-order valence-corrected chi connectivity index (χ1v) is 15.6. The van der Waals surface area contributed by atoms with Crippen LogP contribution in [0.4, 0.5) is 5.69 Å². The van der Waals surface area contributed by atoms with E-state index in [2.05, 4.69) is 21.3 Å². The van der Waals surface area contributed by atoms with Crippen molar-refractivity contribution in [2.75, 3.05) is 11.9 Å². The van der Waals surface area contributed by atoms with Crippen LogP contribution in [-0.2, 0) is 19.2 Å². The molecule has 0 aliphatic heterocycles. The highest BCUT2D eigenvalue weighted by Gasteiger charge is 2.30. The van der Waals surface area contributed by atoms with Gasteiger partial charge in [-0.2, -0.15) is 0 Å². The smallest absolute Gasteiger partial charge is 0.246 e. The number of carbonyl (C=O) groups excluding carboxylic acids is 5. The highest BCUT2D eigenvalue weighted by molar-refractivity contribution is 6.00. The SMILES string of the molecule is CC(=O)N[C@@H](CC(C)C)C(=O)N[C@@H](CC(C)C)C(=O)N[C@@H](CCCCN)C(=O)Nc1ccc(C(O)C(=O)c2ccccc2)cc1. The molecule has 0 aromatic heterocycles. The van der Waals surface area contributed by atoms with Gasteiger partial charge in [0.15, 0.2) is 5.78 Å². The molecule has 246 valence electrons. The topological polar surface area (TPSA) is 180 Å². The van der Waals surface area contributed by atoms with Gasteiger partial charge in [0.25, 0.3) is 0 Å². The van der Waals surface area contributed by atoms with Crippen LogP contribution in [0.5, 0.6) is 0 Å². The zero-order valence-corrected chi connectivity index (χ0v) is 27.0. The monoisotopic (exact) mass is 623 g/mol. The number of benzene rings is 2. The molecular formula is C34H49N5O6. The molecular weight excluding hydrogens is 574 g/mol. The molecule has 0 heterocycles. The average molecular weight is 624 g/mol. The molecule has 2 aromatic carbocycles. The molecule has 0 aliphatic carbocycles. The van der Waals surface area contributed by atoms with E-state index in [1.54, 1.807) is 54.6 Å². The van der Waals surface area contributed by atoms with E-state index in [4.69, 9.17) is 5.73 Å². The lowest BCUT2D eigenvalue weighted by atomic mass is 9.99. The van der Waals surface area contributed by atoms with Crippen molar-refractivity contribution in [2.45, 2.75) is 91.0 Å². The lowest BCUT2D eigenvalue weighted by Crippen LogP contribution is -2.56. The largest absolute Gasteiger partial charge is 0.380 e. The van der Waals surface area contributed by atoms with Crippen molar-refractivity contribution in [1.29, 1.82) is 0 Å². The summed E-state index contributed by atoms with van der Waals surface area (Å²) in [5.74, 6) is -2.03. The Balaban J connectivity index is 2.16. The molecule has 11 nitrogen and oxygen atoms in total. The summed E-state index contributed by atoms with van der Waals surface area (Å²) in [6, 6.07) is 12.1. The molecule has 0 saturated heterocycles. The maximum atomic E-state index is 13.5. The summed E-state index contributed by atoms with van der Waals surface area (Å²) in [5, 5.41) is 21.6. The molecule has 0 spiro atoms. The second-order valence-electron chi connectivity index (χ2n) is 12.2. The van der Waals surface area contributed by atoms with Crippen molar-refractivity contribution >= 4 is 35.1 Å². The maximum absolute atomic E-state index is 13.5. The normalized spacial score (nSPS) is 13.8. The Hall–Kier alpha value is -4.09. The third kappa shape index (κ3) is 12.8. The van der Waals surface area contributed by atoms with Gasteiger partial charge in [0, 0.05) is 18.2 Å². The Bertz CT molecular complexity index is 1270. The molecule has 1 unspecified atom stereocenters. The van der Waals surface area contributed by atoms with Crippen molar-refractivity contribution < 1.29 is 29.1 Å². The van der Waals surface area contributed by atoms with Crippen LogP contribution < -0.4 is 27.0 Å². The quantitative estimate of drug-likeness (QED) is 0.109. The van der Waals surface area contributed by atoms with Gasteiger partial charge in [-0.05, 0) is 68.2 Å². The Labute approximate surface area is 266 Å². The number of Topliss-reactive ketones (excluding diaryl/α,β-unsaturated/α-hetero) is 1.